The van der Waals surface area contributed by atoms with Crippen molar-refractivity contribution in [2.45, 2.75) is 32.2 Å². The van der Waals surface area contributed by atoms with Crippen LogP contribution in [0.2, 0.25) is 0 Å². The fourth-order valence-electron chi connectivity index (χ4n) is 3.03. The third-order valence-electron chi connectivity index (χ3n) is 4.35. The van der Waals surface area contributed by atoms with Gasteiger partial charge in [-0.2, -0.15) is 0 Å². The van der Waals surface area contributed by atoms with Gasteiger partial charge in [0.25, 0.3) is 0 Å². The number of pyridine rings is 1. The molecule has 2 aromatic rings. The molecule has 2 N–H and O–H groups in total. The molecule has 0 radical (unpaired) electrons. The molecule has 0 aliphatic carbocycles. The van der Waals surface area contributed by atoms with E-state index in [1.165, 1.54) is 0 Å². The standard InChI is InChI=1S/C20H24N4O3/c1-2-11-22-20(26)24-13-6-9-17(24)19(25)23-16-8-3-4-10-18(16)27-15-7-5-12-21-14-15/h3-5,7-8,10,12,14,17H,2,6,9,11,13H2,1H3,(H,22,26)(H,23,25)/t17-/m0/s1. The van der Waals surface area contributed by atoms with E-state index in [0.717, 1.165) is 12.8 Å². The maximum Gasteiger partial charge on any atom is 0.318 e. The summed E-state index contributed by atoms with van der Waals surface area (Å²) >= 11 is 0. The van der Waals surface area contributed by atoms with Crippen LogP contribution in [0.4, 0.5) is 10.5 Å². The minimum absolute atomic E-state index is 0.186. The van der Waals surface area contributed by atoms with Gasteiger partial charge in [-0.05, 0) is 43.5 Å². The molecule has 1 aliphatic heterocycles. The summed E-state index contributed by atoms with van der Waals surface area (Å²) in [4.78, 5) is 30.7. The van der Waals surface area contributed by atoms with Gasteiger partial charge in [-0.15, -0.1) is 0 Å². The van der Waals surface area contributed by atoms with Gasteiger partial charge in [-0.25, -0.2) is 4.79 Å². The van der Waals surface area contributed by atoms with E-state index in [9.17, 15) is 9.59 Å². The average molecular weight is 368 g/mol. The molecule has 1 aliphatic rings. The molecule has 142 valence electrons. The molecule has 7 heteroatoms. The number of urea groups is 1. The third kappa shape index (κ3) is 4.75. The molecule has 1 aromatic heterocycles. The molecule has 0 saturated carbocycles. The molecule has 2 heterocycles. The van der Waals surface area contributed by atoms with Crippen molar-refractivity contribution in [3.63, 3.8) is 0 Å². The number of ether oxygens (including phenoxy) is 1. The minimum atomic E-state index is -0.478. The normalized spacial score (nSPS) is 16.0. The fraction of sp³-hybridized carbons (Fsp3) is 0.350. The Kier molecular flexibility index (Phi) is 6.25. The van der Waals surface area contributed by atoms with Crippen molar-refractivity contribution in [2.75, 3.05) is 18.4 Å². The number of nitrogens with one attached hydrogen (secondary N) is 2. The van der Waals surface area contributed by atoms with Crippen LogP contribution in [0.1, 0.15) is 26.2 Å². The van der Waals surface area contributed by atoms with E-state index >= 15 is 0 Å². The Morgan fingerprint density at radius 2 is 2.11 bits per heavy atom. The molecule has 0 unspecified atom stereocenters. The van der Waals surface area contributed by atoms with Crippen molar-refractivity contribution in [3.05, 3.63) is 48.8 Å². The van der Waals surface area contributed by atoms with Crippen molar-refractivity contribution < 1.29 is 14.3 Å². The zero-order chi connectivity index (χ0) is 19.1. The Labute approximate surface area is 158 Å². The van der Waals surface area contributed by atoms with Gasteiger partial charge in [0, 0.05) is 19.3 Å². The lowest BCUT2D eigenvalue weighted by atomic mass is 10.2. The second kappa shape index (κ2) is 9.02. The average Bonchev–Trinajstić information content (AvgIpc) is 3.18. The number of hydrogen-bond donors (Lipinski definition) is 2. The predicted molar refractivity (Wildman–Crippen MR) is 103 cm³/mol. The van der Waals surface area contributed by atoms with Crippen molar-refractivity contribution in [1.82, 2.24) is 15.2 Å². The Bertz CT molecular complexity index is 782. The van der Waals surface area contributed by atoms with Crippen LogP contribution < -0.4 is 15.4 Å². The van der Waals surface area contributed by atoms with Crippen LogP contribution in [0.15, 0.2) is 48.8 Å². The SMILES string of the molecule is CCCNC(=O)N1CCC[C@H]1C(=O)Nc1ccccc1Oc1cccnc1. The van der Waals surface area contributed by atoms with Gasteiger partial charge in [0.05, 0.1) is 11.9 Å². The van der Waals surface area contributed by atoms with Gasteiger partial charge >= 0.3 is 6.03 Å². The summed E-state index contributed by atoms with van der Waals surface area (Å²) < 4.78 is 5.83. The van der Waals surface area contributed by atoms with E-state index in [-0.39, 0.29) is 11.9 Å². The van der Waals surface area contributed by atoms with Crippen LogP contribution in [0.25, 0.3) is 0 Å². The smallest absolute Gasteiger partial charge is 0.318 e. The number of carbonyl (C=O) groups excluding carboxylic acids is 2. The lowest BCUT2D eigenvalue weighted by molar-refractivity contribution is -0.119. The summed E-state index contributed by atoms with van der Waals surface area (Å²) in [6.45, 7) is 3.18. The summed E-state index contributed by atoms with van der Waals surface area (Å²) in [5.41, 5.74) is 0.562. The molecule has 1 fully saturated rings. The van der Waals surface area contributed by atoms with E-state index in [0.29, 0.717) is 36.7 Å². The molecule has 0 bridgehead atoms. The van der Waals surface area contributed by atoms with Crippen molar-refractivity contribution in [2.24, 2.45) is 0 Å². The van der Waals surface area contributed by atoms with Crippen molar-refractivity contribution in [3.8, 4) is 11.5 Å². The Morgan fingerprint density at radius 1 is 1.26 bits per heavy atom. The zero-order valence-electron chi connectivity index (χ0n) is 15.4. The Morgan fingerprint density at radius 3 is 2.89 bits per heavy atom. The van der Waals surface area contributed by atoms with Crippen LogP contribution >= 0.6 is 0 Å². The summed E-state index contributed by atoms with van der Waals surface area (Å²) in [6.07, 6.45) is 5.59. The summed E-state index contributed by atoms with van der Waals surface area (Å²) in [7, 11) is 0. The minimum Gasteiger partial charge on any atom is -0.454 e. The molecular formula is C20H24N4O3. The second-order valence-corrected chi connectivity index (χ2v) is 6.36. The number of para-hydroxylation sites is 2. The van der Waals surface area contributed by atoms with Gasteiger partial charge in [-0.1, -0.05) is 19.1 Å². The first-order valence-corrected chi connectivity index (χ1v) is 9.21. The van der Waals surface area contributed by atoms with E-state index in [1.54, 1.807) is 41.6 Å². The van der Waals surface area contributed by atoms with E-state index < -0.39 is 6.04 Å². The molecule has 1 saturated heterocycles. The maximum atomic E-state index is 12.8. The molecule has 3 amide bonds. The molecule has 7 nitrogen and oxygen atoms in total. The maximum absolute atomic E-state index is 12.8. The summed E-state index contributed by atoms with van der Waals surface area (Å²) in [5.74, 6) is 0.904. The molecule has 1 aromatic carbocycles. The number of hydrogen-bond acceptors (Lipinski definition) is 4. The number of rotatable bonds is 6. The largest absolute Gasteiger partial charge is 0.454 e. The van der Waals surface area contributed by atoms with Crippen LogP contribution in [-0.4, -0.2) is 41.0 Å². The lowest BCUT2D eigenvalue weighted by Crippen LogP contribution is -2.47. The number of nitrogens with zero attached hydrogens (tertiary/aromatic N) is 2. The van der Waals surface area contributed by atoms with Gasteiger partial charge in [0.1, 0.15) is 11.8 Å². The molecule has 27 heavy (non-hydrogen) atoms. The zero-order valence-corrected chi connectivity index (χ0v) is 15.4. The van der Waals surface area contributed by atoms with Gasteiger partial charge < -0.3 is 20.3 Å². The van der Waals surface area contributed by atoms with Gasteiger partial charge in [0.2, 0.25) is 5.91 Å². The first-order chi connectivity index (χ1) is 13.2. The number of carbonyl (C=O) groups is 2. The second-order valence-electron chi connectivity index (χ2n) is 6.36. The Balaban J connectivity index is 1.69. The summed E-state index contributed by atoms with van der Waals surface area (Å²) in [6, 6.07) is 10.1. The van der Waals surface area contributed by atoms with Crippen LogP contribution in [0, 0.1) is 0 Å². The first kappa shape index (κ1) is 18.7. The van der Waals surface area contributed by atoms with E-state index in [2.05, 4.69) is 15.6 Å². The fourth-order valence-corrected chi connectivity index (χ4v) is 3.03. The van der Waals surface area contributed by atoms with E-state index in [4.69, 9.17) is 4.74 Å². The number of amides is 3. The predicted octanol–water partition coefficient (Wildman–Crippen LogP) is 3.40. The highest BCUT2D eigenvalue weighted by Gasteiger charge is 2.34. The number of aromatic nitrogens is 1. The third-order valence-corrected chi connectivity index (χ3v) is 4.35. The molecular weight excluding hydrogens is 344 g/mol. The van der Waals surface area contributed by atoms with Gasteiger partial charge in [-0.3, -0.25) is 9.78 Å². The molecule has 0 spiro atoms. The van der Waals surface area contributed by atoms with Crippen molar-refractivity contribution in [1.29, 1.82) is 0 Å². The van der Waals surface area contributed by atoms with Crippen LogP contribution in [0.5, 0.6) is 11.5 Å². The highest BCUT2D eigenvalue weighted by molar-refractivity contribution is 5.98. The molecule has 3 rings (SSSR count). The van der Waals surface area contributed by atoms with Crippen molar-refractivity contribution >= 4 is 17.6 Å². The first-order valence-electron chi connectivity index (χ1n) is 9.21. The monoisotopic (exact) mass is 368 g/mol. The highest BCUT2D eigenvalue weighted by atomic mass is 16.5. The molecule has 1 atom stereocenters. The van der Waals surface area contributed by atoms with Crippen LogP contribution in [0.3, 0.4) is 0 Å². The number of anilines is 1. The topological polar surface area (TPSA) is 83.6 Å². The van der Waals surface area contributed by atoms with E-state index in [1.807, 2.05) is 19.1 Å². The lowest BCUT2D eigenvalue weighted by Gasteiger charge is -2.24. The number of likely N-dealkylation sites (tertiary alicyclic amines) is 1. The Hall–Kier alpha value is -3.09. The quantitative estimate of drug-likeness (QED) is 0.819. The number of benzene rings is 1. The van der Waals surface area contributed by atoms with Gasteiger partial charge in [0.15, 0.2) is 5.75 Å². The summed E-state index contributed by atoms with van der Waals surface area (Å²) in [5, 5.41) is 5.75. The van der Waals surface area contributed by atoms with Crippen LogP contribution in [-0.2, 0) is 4.79 Å². The highest BCUT2D eigenvalue weighted by Crippen LogP contribution is 2.29.